The Labute approximate surface area is 239 Å². The van der Waals surface area contributed by atoms with E-state index in [0.29, 0.717) is 11.4 Å². The maximum Gasteiger partial charge on any atom is 0.459 e. The first-order chi connectivity index (χ1) is 19.3. The van der Waals surface area contributed by atoms with Crippen LogP contribution in [0.4, 0.5) is 5.82 Å². The number of benzene rings is 1. The monoisotopic (exact) mass is 594 g/mol. The molecule has 6 N–H and O–H groups in total. The highest BCUT2D eigenvalue weighted by molar-refractivity contribution is 7.52. The minimum atomic E-state index is -4.28. The third-order valence-electron chi connectivity index (χ3n) is 5.87. The molecule has 1 aliphatic heterocycles. The number of guanidine groups is 1. The summed E-state index contributed by atoms with van der Waals surface area (Å²) in [5.41, 5.74) is 6.48. The third kappa shape index (κ3) is 8.62. The second kappa shape index (κ2) is 14.1. The highest BCUT2D eigenvalue weighted by Crippen LogP contribution is 2.46. The van der Waals surface area contributed by atoms with Gasteiger partial charge in [0.05, 0.1) is 24.7 Å². The van der Waals surface area contributed by atoms with Gasteiger partial charge in [-0.05, 0) is 38.3 Å². The molecule has 15 heteroatoms. The van der Waals surface area contributed by atoms with Crippen LogP contribution in [0.2, 0.25) is 0 Å². The minimum absolute atomic E-state index is 0.0326. The Morgan fingerprint density at radius 2 is 1.90 bits per heavy atom. The van der Waals surface area contributed by atoms with Gasteiger partial charge in [0.25, 0.3) is 0 Å². The topological polar surface area (TPSA) is 192 Å². The second-order valence-electron chi connectivity index (χ2n) is 10.1. The van der Waals surface area contributed by atoms with Crippen molar-refractivity contribution in [2.24, 2.45) is 16.6 Å². The first kappa shape index (κ1) is 32.3. The molecule has 226 valence electrons. The highest BCUT2D eigenvalue weighted by atomic mass is 31.2. The zero-order valence-corrected chi connectivity index (χ0v) is 24.7. The van der Waals surface area contributed by atoms with Crippen molar-refractivity contribution in [1.82, 2.24) is 20.0 Å². The predicted molar refractivity (Wildman–Crippen MR) is 152 cm³/mol. The lowest BCUT2D eigenvalue weighted by atomic mass is 10.0. The van der Waals surface area contributed by atoms with Crippen molar-refractivity contribution in [3.8, 4) is 5.75 Å². The average Bonchev–Trinajstić information content (AvgIpc) is 3.32. The van der Waals surface area contributed by atoms with Crippen LogP contribution in [-0.2, 0) is 23.4 Å². The number of fused-ring (bicyclic) bond motifs is 1. The number of aliphatic hydroxyl groups excluding tert-OH is 2. The fourth-order valence-electron chi connectivity index (χ4n) is 3.95. The van der Waals surface area contributed by atoms with Crippen molar-refractivity contribution in [3.05, 3.63) is 48.9 Å². The van der Waals surface area contributed by atoms with Crippen LogP contribution < -0.4 is 20.7 Å². The van der Waals surface area contributed by atoms with Crippen molar-refractivity contribution in [3.63, 3.8) is 0 Å². The number of methoxy groups -OCH3 is 1. The molecule has 3 rings (SSSR count). The quantitative estimate of drug-likeness (QED) is 0.150. The minimum Gasteiger partial charge on any atom is -0.462 e. The molecule has 0 saturated carbocycles. The number of para-hydroxylation sites is 1. The summed E-state index contributed by atoms with van der Waals surface area (Å²) in [6.45, 7) is 10.5. The summed E-state index contributed by atoms with van der Waals surface area (Å²) in [5, 5.41) is 27.4. The SMILES string of the molecule is C=C1NC(N)=Nc2c1ncn2C(O)C(O)[C@@H](COP(=O)(N[C@@H](CC(C)C)C(=O)OC(C)C)Oc1ccccc1)OC. The number of carbonyl (C=O) groups is 1. The molecule has 0 fully saturated rings. The molecule has 0 spiro atoms. The van der Waals surface area contributed by atoms with Gasteiger partial charge in [-0.3, -0.25) is 13.9 Å². The number of aromatic nitrogens is 2. The zero-order chi connectivity index (χ0) is 30.3. The van der Waals surface area contributed by atoms with E-state index in [1.807, 2.05) is 13.8 Å². The Morgan fingerprint density at radius 1 is 1.22 bits per heavy atom. The Bertz CT molecular complexity index is 1270. The number of hydrogen-bond donors (Lipinski definition) is 5. The van der Waals surface area contributed by atoms with Crippen LogP contribution in [0.25, 0.3) is 5.70 Å². The van der Waals surface area contributed by atoms with E-state index in [-0.39, 0.29) is 29.9 Å². The Balaban J connectivity index is 1.83. The van der Waals surface area contributed by atoms with E-state index >= 15 is 0 Å². The van der Waals surface area contributed by atoms with Crippen LogP contribution in [0.1, 0.15) is 46.0 Å². The first-order valence-electron chi connectivity index (χ1n) is 13.1. The van der Waals surface area contributed by atoms with E-state index in [4.69, 9.17) is 24.3 Å². The number of imidazole rings is 1. The number of carbonyl (C=O) groups excluding carboxylic acids is 1. The average molecular weight is 595 g/mol. The molecule has 5 atom stereocenters. The van der Waals surface area contributed by atoms with Crippen LogP contribution in [0, 0.1) is 5.92 Å². The molecular formula is C26H39N6O8P. The number of nitrogens with zero attached hydrogens (tertiary/aromatic N) is 3. The summed E-state index contributed by atoms with van der Waals surface area (Å²) >= 11 is 0. The van der Waals surface area contributed by atoms with E-state index in [0.717, 1.165) is 0 Å². The molecule has 0 saturated heterocycles. The first-order valence-corrected chi connectivity index (χ1v) is 14.6. The largest absolute Gasteiger partial charge is 0.462 e. The van der Waals surface area contributed by atoms with Crippen LogP contribution in [-0.4, -0.2) is 69.8 Å². The van der Waals surface area contributed by atoms with Gasteiger partial charge in [-0.25, -0.2) is 9.55 Å². The van der Waals surface area contributed by atoms with E-state index in [1.54, 1.807) is 44.2 Å². The van der Waals surface area contributed by atoms with Crippen molar-refractivity contribution in [2.45, 2.75) is 64.7 Å². The molecule has 2 aromatic rings. The summed E-state index contributed by atoms with van der Waals surface area (Å²) in [4.78, 5) is 21.1. The fraction of sp³-hybridized carbons (Fsp3) is 0.500. The molecule has 0 aliphatic carbocycles. The number of nitrogens with two attached hydrogens (primary N) is 1. The molecule has 0 amide bonds. The van der Waals surface area contributed by atoms with Crippen LogP contribution >= 0.6 is 7.75 Å². The Kier molecular flexibility index (Phi) is 11.1. The number of ether oxygens (including phenoxy) is 2. The number of aliphatic imine (C=N–C) groups is 1. The van der Waals surface area contributed by atoms with Gasteiger partial charge in [0.15, 0.2) is 18.0 Å². The Hall–Kier alpha value is -3.26. The maximum atomic E-state index is 14.0. The van der Waals surface area contributed by atoms with Gasteiger partial charge in [-0.2, -0.15) is 10.1 Å². The lowest BCUT2D eigenvalue weighted by molar-refractivity contribution is -0.150. The molecule has 41 heavy (non-hydrogen) atoms. The number of rotatable bonds is 15. The lowest BCUT2D eigenvalue weighted by Gasteiger charge is -2.30. The van der Waals surface area contributed by atoms with Gasteiger partial charge < -0.3 is 35.3 Å². The van der Waals surface area contributed by atoms with E-state index in [1.165, 1.54) is 18.0 Å². The zero-order valence-electron chi connectivity index (χ0n) is 23.8. The van der Waals surface area contributed by atoms with Gasteiger partial charge in [-0.15, -0.1) is 0 Å². The summed E-state index contributed by atoms with van der Waals surface area (Å²) < 4.78 is 37.4. The van der Waals surface area contributed by atoms with Gasteiger partial charge >= 0.3 is 13.7 Å². The summed E-state index contributed by atoms with van der Waals surface area (Å²) in [5.74, 6) is -0.158. The molecule has 1 aromatic carbocycles. The van der Waals surface area contributed by atoms with Crippen LogP contribution in [0.5, 0.6) is 5.75 Å². The highest BCUT2D eigenvalue weighted by Gasteiger charge is 2.38. The van der Waals surface area contributed by atoms with Crippen LogP contribution in [0.3, 0.4) is 0 Å². The second-order valence-corrected chi connectivity index (χ2v) is 11.8. The van der Waals surface area contributed by atoms with Crippen LogP contribution in [0.15, 0.2) is 48.2 Å². The van der Waals surface area contributed by atoms with Gasteiger partial charge in [0.2, 0.25) is 0 Å². The summed E-state index contributed by atoms with van der Waals surface area (Å²) in [7, 11) is -3.00. The van der Waals surface area contributed by atoms with Gasteiger partial charge in [-0.1, -0.05) is 38.6 Å². The fourth-order valence-corrected chi connectivity index (χ4v) is 5.47. The molecular weight excluding hydrogens is 555 g/mol. The van der Waals surface area contributed by atoms with Crippen molar-refractivity contribution in [2.75, 3.05) is 13.7 Å². The number of aliphatic hydroxyl groups is 2. The molecule has 1 aromatic heterocycles. The predicted octanol–water partition coefficient (Wildman–Crippen LogP) is 2.43. The maximum absolute atomic E-state index is 14.0. The molecule has 14 nitrogen and oxygen atoms in total. The van der Waals surface area contributed by atoms with Crippen molar-refractivity contribution >= 4 is 31.2 Å². The number of hydrogen-bond acceptors (Lipinski definition) is 12. The molecule has 0 bridgehead atoms. The van der Waals surface area contributed by atoms with Crippen molar-refractivity contribution in [1.29, 1.82) is 0 Å². The number of nitrogens with one attached hydrogen (secondary N) is 2. The summed E-state index contributed by atoms with van der Waals surface area (Å²) in [6, 6.07) is 7.25. The standard InChI is InChI=1S/C26H39N6O8P/c1-15(2)12-19(25(35)39-16(3)4)31-41(36,40-18-10-8-7-9-11-18)38-13-20(37-6)22(33)24(34)32-14-28-21-17(5)29-26(27)30-23(21)32/h7-11,14-16,19-20,22,24,33-34H,5,12-13H2,1-4,6H3,(H,31,36)(H3,27,29,30)/t19-,20+,22?,24?,41?/m0/s1. The smallest absolute Gasteiger partial charge is 0.459 e. The van der Waals surface area contributed by atoms with E-state index < -0.39 is 50.9 Å². The number of esters is 1. The molecule has 2 heterocycles. The van der Waals surface area contributed by atoms with Gasteiger partial charge in [0, 0.05) is 7.11 Å². The third-order valence-corrected chi connectivity index (χ3v) is 7.44. The lowest BCUT2D eigenvalue weighted by Crippen LogP contribution is -2.42. The Morgan fingerprint density at radius 3 is 2.51 bits per heavy atom. The van der Waals surface area contributed by atoms with Crippen molar-refractivity contribution < 1.29 is 38.1 Å². The van der Waals surface area contributed by atoms with E-state index in [2.05, 4.69) is 27.0 Å². The molecule has 1 aliphatic rings. The molecule has 3 unspecified atom stereocenters. The molecule has 0 radical (unpaired) electrons. The normalized spacial score (nSPS) is 17.6. The van der Waals surface area contributed by atoms with E-state index in [9.17, 15) is 19.6 Å². The summed E-state index contributed by atoms with van der Waals surface area (Å²) in [6.07, 6.45) is -3.29. The van der Waals surface area contributed by atoms with Gasteiger partial charge in [0.1, 0.15) is 29.7 Å².